The summed E-state index contributed by atoms with van der Waals surface area (Å²) < 4.78 is 2.64. The number of thiophene rings is 1. The Hall–Kier alpha value is -7.92. The van der Waals surface area contributed by atoms with Crippen molar-refractivity contribution >= 4 is 82.5 Å². The molecule has 0 amide bonds. The predicted octanol–water partition coefficient (Wildman–Crippen LogP) is 17.1. The molecule has 2 heterocycles. The van der Waals surface area contributed by atoms with Crippen molar-refractivity contribution in [1.82, 2.24) is 0 Å². The lowest BCUT2D eigenvalue weighted by Crippen LogP contribution is -2.30. The van der Waals surface area contributed by atoms with Gasteiger partial charge in [-0.25, -0.2) is 0 Å². The second-order valence-corrected chi connectivity index (χ2v) is 17.2. The first-order chi connectivity index (χ1) is 31.6. The molecule has 9 aromatic carbocycles. The quantitative estimate of drug-likeness (QED) is 0.143. The fourth-order valence-corrected chi connectivity index (χ4v) is 10.5. The standard InChI is InChI=1S/C60H45N3S/c1-3-16-56-55(39-31-42-29-35-48(36-30-42)62(47-21-8-5-9-22-47)54-27-14-20-44-19-10-11-23-50(44)54)61(2)58-41-46(43-17-6-4-7-18-43)34-40-57(58)63(56)49-37-32-45(33-38-49)51-25-15-26-53-52-24-12-13-28-59(52)64-60(51)53/h3-41H,1-2H3/b16-3-,39-31+. The molecule has 0 atom stereocenters. The van der Waals surface area contributed by atoms with Crippen LogP contribution in [0.3, 0.4) is 0 Å². The van der Waals surface area contributed by atoms with Gasteiger partial charge in [-0.2, -0.15) is 0 Å². The van der Waals surface area contributed by atoms with Crippen molar-refractivity contribution in [2.45, 2.75) is 6.92 Å². The third-order valence-electron chi connectivity index (χ3n) is 12.3. The maximum atomic E-state index is 2.42. The third-order valence-corrected chi connectivity index (χ3v) is 13.5. The summed E-state index contributed by atoms with van der Waals surface area (Å²) in [4.78, 5) is 7.11. The van der Waals surface area contributed by atoms with Crippen LogP contribution in [-0.2, 0) is 0 Å². The van der Waals surface area contributed by atoms with Crippen molar-refractivity contribution in [3.8, 4) is 22.3 Å². The number of hydrogen-bond donors (Lipinski definition) is 0. The fraction of sp³-hybridized carbons (Fsp3) is 0.0333. The van der Waals surface area contributed by atoms with Crippen LogP contribution >= 0.6 is 11.3 Å². The molecule has 1 aliphatic heterocycles. The van der Waals surface area contributed by atoms with Crippen molar-refractivity contribution in [2.24, 2.45) is 0 Å². The van der Waals surface area contributed by atoms with Gasteiger partial charge in [-0.3, -0.25) is 0 Å². The lowest BCUT2D eigenvalue weighted by atomic mass is 9.99. The van der Waals surface area contributed by atoms with Crippen LogP contribution in [-0.4, -0.2) is 7.05 Å². The molecule has 0 aliphatic carbocycles. The van der Waals surface area contributed by atoms with E-state index < -0.39 is 0 Å². The maximum absolute atomic E-state index is 2.42. The molecule has 0 N–H and O–H groups in total. The van der Waals surface area contributed by atoms with E-state index in [0.717, 1.165) is 51.1 Å². The molecule has 11 rings (SSSR count). The van der Waals surface area contributed by atoms with Crippen LogP contribution in [0.5, 0.6) is 0 Å². The molecule has 0 radical (unpaired) electrons. The predicted molar refractivity (Wildman–Crippen MR) is 277 cm³/mol. The molecule has 0 saturated heterocycles. The molecular weight excluding hydrogens is 795 g/mol. The zero-order chi connectivity index (χ0) is 43.0. The summed E-state index contributed by atoms with van der Waals surface area (Å²) in [6.45, 7) is 2.10. The van der Waals surface area contributed by atoms with E-state index in [1.54, 1.807) is 0 Å². The van der Waals surface area contributed by atoms with Gasteiger partial charge in [0.1, 0.15) is 0 Å². The minimum atomic E-state index is 1.10. The summed E-state index contributed by atoms with van der Waals surface area (Å²) in [7, 11) is 2.19. The molecule has 306 valence electrons. The second-order valence-electron chi connectivity index (χ2n) is 16.2. The summed E-state index contributed by atoms with van der Waals surface area (Å²) in [5, 5.41) is 5.06. The number of hydrogen-bond acceptors (Lipinski definition) is 4. The zero-order valence-corrected chi connectivity index (χ0v) is 36.6. The SMILES string of the molecule is C/C=C\C1=C(/C=C/c2ccc(N(c3ccccc3)c3cccc4ccccc34)cc2)N(C)c2cc(-c3ccccc3)ccc2N1c1ccc(-c2cccc3c2sc2ccccc23)cc1. The van der Waals surface area contributed by atoms with Crippen LogP contribution in [0.15, 0.2) is 242 Å². The van der Waals surface area contributed by atoms with Crippen molar-refractivity contribution < 1.29 is 0 Å². The van der Waals surface area contributed by atoms with Gasteiger partial charge in [0.2, 0.25) is 0 Å². The monoisotopic (exact) mass is 839 g/mol. The van der Waals surface area contributed by atoms with Gasteiger partial charge >= 0.3 is 0 Å². The van der Waals surface area contributed by atoms with E-state index in [2.05, 4.69) is 265 Å². The molecule has 1 aliphatic rings. The summed E-state index contributed by atoms with van der Waals surface area (Å²) in [5.41, 5.74) is 14.9. The highest BCUT2D eigenvalue weighted by molar-refractivity contribution is 7.26. The molecule has 1 aromatic heterocycles. The number of benzene rings is 9. The third kappa shape index (κ3) is 7.04. The Balaban J connectivity index is 0.994. The van der Waals surface area contributed by atoms with Crippen molar-refractivity contribution in [1.29, 1.82) is 0 Å². The van der Waals surface area contributed by atoms with Crippen molar-refractivity contribution in [3.05, 3.63) is 248 Å². The number of para-hydroxylation sites is 1. The normalized spacial score (nSPS) is 12.9. The van der Waals surface area contributed by atoms with E-state index in [1.807, 2.05) is 11.3 Å². The van der Waals surface area contributed by atoms with Crippen molar-refractivity contribution in [2.75, 3.05) is 21.7 Å². The van der Waals surface area contributed by atoms with Gasteiger partial charge in [-0.05, 0) is 113 Å². The van der Waals surface area contributed by atoms with Crippen LogP contribution < -0.4 is 14.7 Å². The Morgan fingerprint density at radius 3 is 1.92 bits per heavy atom. The van der Waals surface area contributed by atoms with E-state index in [0.29, 0.717) is 0 Å². The molecule has 10 aromatic rings. The Morgan fingerprint density at radius 2 is 1.12 bits per heavy atom. The molecular formula is C60H45N3S. The highest BCUT2D eigenvalue weighted by atomic mass is 32.1. The number of likely N-dealkylation sites (N-methyl/N-ethyl adjacent to an activating group) is 1. The molecule has 3 nitrogen and oxygen atoms in total. The zero-order valence-electron chi connectivity index (χ0n) is 35.8. The van der Waals surface area contributed by atoms with Crippen LogP contribution in [0.1, 0.15) is 12.5 Å². The van der Waals surface area contributed by atoms with Crippen LogP contribution in [0.2, 0.25) is 0 Å². The molecule has 0 spiro atoms. The average Bonchev–Trinajstić information content (AvgIpc) is 3.74. The van der Waals surface area contributed by atoms with Gasteiger partial charge in [-0.1, -0.05) is 164 Å². The van der Waals surface area contributed by atoms with E-state index in [-0.39, 0.29) is 0 Å². The summed E-state index contributed by atoms with van der Waals surface area (Å²) in [6, 6.07) is 76.7. The van der Waals surface area contributed by atoms with Gasteiger partial charge in [0.25, 0.3) is 0 Å². The van der Waals surface area contributed by atoms with Gasteiger partial charge in [-0.15, -0.1) is 11.3 Å². The number of allylic oxidation sites excluding steroid dienone is 3. The maximum Gasteiger partial charge on any atom is 0.0700 e. The number of fused-ring (bicyclic) bond motifs is 5. The first-order valence-electron chi connectivity index (χ1n) is 21.8. The van der Waals surface area contributed by atoms with E-state index >= 15 is 0 Å². The Morgan fingerprint density at radius 1 is 0.469 bits per heavy atom. The fourth-order valence-electron chi connectivity index (χ4n) is 9.21. The molecule has 0 bridgehead atoms. The lowest BCUT2D eigenvalue weighted by molar-refractivity contribution is 1.03. The van der Waals surface area contributed by atoms with Crippen LogP contribution in [0, 0.1) is 0 Å². The van der Waals surface area contributed by atoms with E-state index in [1.165, 1.54) is 53.2 Å². The minimum Gasteiger partial charge on any atom is -0.341 e. The van der Waals surface area contributed by atoms with Gasteiger partial charge in [0.05, 0.1) is 28.5 Å². The van der Waals surface area contributed by atoms with Crippen molar-refractivity contribution in [3.63, 3.8) is 0 Å². The molecule has 0 unspecified atom stereocenters. The minimum absolute atomic E-state index is 1.10. The van der Waals surface area contributed by atoms with E-state index in [4.69, 9.17) is 0 Å². The number of nitrogens with zero attached hydrogens (tertiary/aromatic N) is 3. The Kier molecular flexibility index (Phi) is 10.2. The van der Waals surface area contributed by atoms with E-state index in [9.17, 15) is 0 Å². The van der Waals surface area contributed by atoms with Gasteiger partial charge in [0, 0.05) is 49.7 Å². The number of rotatable bonds is 9. The van der Waals surface area contributed by atoms with Crippen LogP contribution in [0.25, 0.3) is 59.3 Å². The highest BCUT2D eigenvalue weighted by Crippen LogP contribution is 2.47. The van der Waals surface area contributed by atoms with Gasteiger partial charge in [0.15, 0.2) is 0 Å². The Bertz CT molecular complexity index is 3390. The molecule has 4 heteroatoms. The molecule has 0 saturated carbocycles. The largest absolute Gasteiger partial charge is 0.341 e. The highest BCUT2D eigenvalue weighted by Gasteiger charge is 2.28. The topological polar surface area (TPSA) is 9.72 Å². The number of anilines is 6. The first kappa shape index (κ1) is 39.0. The average molecular weight is 840 g/mol. The summed E-state index contributed by atoms with van der Waals surface area (Å²) in [6.07, 6.45) is 8.89. The lowest BCUT2D eigenvalue weighted by Gasteiger charge is -2.39. The second kappa shape index (κ2) is 16.7. The molecule has 64 heavy (non-hydrogen) atoms. The summed E-state index contributed by atoms with van der Waals surface area (Å²) >= 11 is 1.87. The first-order valence-corrected chi connectivity index (χ1v) is 22.7. The molecule has 0 fully saturated rings. The Labute approximate surface area is 379 Å². The van der Waals surface area contributed by atoms with Gasteiger partial charge < -0.3 is 14.7 Å². The van der Waals surface area contributed by atoms with Crippen LogP contribution in [0.4, 0.5) is 34.1 Å². The summed E-state index contributed by atoms with van der Waals surface area (Å²) in [5.74, 6) is 0. The smallest absolute Gasteiger partial charge is 0.0700 e.